The lowest BCUT2D eigenvalue weighted by molar-refractivity contribution is 0.0596. The molecule has 0 saturated carbocycles. The molecule has 0 aliphatic carbocycles. The molecule has 0 saturated heterocycles. The maximum absolute atomic E-state index is 12.8. The van der Waals surface area contributed by atoms with Crippen LogP contribution in [0.15, 0.2) is 54.7 Å². The molecule has 2 N–H and O–H groups in total. The van der Waals surface area contributed by atoms with Crippen molar-refractivity contribution in [2.24, 2.45) is 0 Å². The van der Waals surface area contributed by atoms with Gasteiger partial charge in [-0.1, -0.05) is 36.4 Å². The summed E-state index contributed by atoms with van der Waals surface area (Å²) in [6.07, 6.45) is 1.97. The van der Waals surface area contributed by atoms with E-state index in [4.69, 9.17) is 0 Å². The van der Waals surface area contributed by atoms with Crippen molar-refractivity contribution in [2.45, 2.75) is 19.0 Å². The zero-order valence-electron chi connectivity index (χ0n) is 12.9. The predicted octanol–water partition coefficient (Wildman–Crippen LogP) is 3.09. The smallest absolute Gasteiger partial charge is 0.255 e. The Labute approximate surface area is 134 Å². The quantitative estimate of drug-likeness (QED) is 0.781. The first-order chi connectivity index (χ1) is 11.2. The molecule has 0 bridgehead atoms. The molecule has 0 radical (unpaired) electrons. The SMILES string of the molecule is C[C@H](CO)N1C(=O)c2ccccc2[C@H]1c1c[nH]c2ccccc12. The molecule has 4 heteroatoms. The van der Waals surface area contributed by atoms with E-state index in [2.05, 4.69) is 11.1 Å². The highest BCUT2D eigenvalue weighted by molar-refractivity contribution is 6.01. The Morgan fingerprint density at radius 1 is 1.13 bits per heavy atom. The summed E-state index contributed by atoms with van der Waals surface area (Å²) in [7, 11) is 0. The van der Waals surface area contributed by atoms with E-state index in [0.29, 0.717) is 0 Å². The lowest BCUT2D eigenvalue weighted by Crippen LogP contribution is -2.39. The molecule has 0 fully saturated rings. The summed E-state index contributed by atoms with van der Waals surface area (Å²) in [5, 5.41) is 10.7. The second kappa shape index (κ2) is 5.25. The highest BCUT2D eigenvalue weighted by Gasteiger charge is 2.40. The maximum atomic E-state index is 12.8. The molecule has 1 aromatic heterocycles. The number of aliphatic hydroxyl groups is 1. The fourth-order valence-corrected chi connectivity index (χ4v) is 3.52. The molecular weight excluding hydrogens is 288 g/mol. The van der Waals surface area contributed by atoms with Crippen molar-refractivity contribution in [3.63, 3.8) is 0 Å². The normalized spacial score (nSPS) is 18.4. The second-order valence-electron chi connectivity index (χ2n) is 6.02. The molecule has 2 aromatic carbocycles. The summed E-state index contributed by atoms with van der Waals surface area (Å²) in [4.78, 5) is 17.9. The number of carbonyl (C=O) groups is 1. The van der Waals surface area contributed by atoms with Gasteiger partial charge in [-0.25, -0.2) is 0 Å². The number of para-hydroxylation sites is 1. The number of aromatic nitrogens is 1. The summed E-state index contributed by atoms with van der Waals surface area (Å²) in [5.41, 5.74) is 3.85. The van der Waals surface area contributed by atoms with E-state index in [1.54, 1.807) is 4.90 Å². The lowest BCUT2D eigenvalue weighted by atomic mass is 9.97. The number of H-pyrrole nitrogens is 1. The van der Waals surface area contributed by atoms with Gasteiger partial charge in [-0.15, -0.1) is 0 Å². The molecule has 2 atom stereocenters. The molecule has 1 amide bonds. The third-order valence-corrected chi connectivity index (χ3v) is 4.65. The van der Waals surface area contributed by atoms with Crippen LogP contribution in [0.5, 0.6) is 0 Å². The Balaban J connectivity index is 1.95. The Hall–Kier alpha value is -2.59. The molecule has 0 spiro atoms. The van der Waals surface area contributed by atoms with Crippen molar-refractivity contribution in [3.05, 3.63) is 71.4 Å². The number of nitrogens with one attached hydrogen (secondary N) is 1. The number of rotatable bonds is 3. The Bertz CT molecular complexity index is 884. The number of aliphatic hydroxyl groups excluding tert-OH is 1. The molecule has 23 heavy (non-hydrogen) atoms. The molecule has 1 aliphatic heterocycles. The topological polar surface area (TPSA) is 56.3 Å². The zero-order valence-corrected chi connectivity index (χ0v) is 12.9. The van der Waals surface area contributed by atoms with Crippen LogP contribution in [-0.2, 0) is 0 Å². The monoisotopic (exact) mass is 306 g/mol. The second-order valence-corrected chi connectivity index (χ2v) is 6.02. The first-order valence-corrected chi connectivity index (χ1v) is 7.81. The van der Waals surface area contributed by atoms with Gasteiger partial charge in [0.25, 0.3) is 5.91 Å². The maximum Gasteiger partial charge on any atom is 0.255 e. The van der Waals surface area contributed by atoms with Crippen LogP contribution in [0.1, 0.15) is 34.5 Å². The highest BCUT2D eigenvalue weighted by Crippen LogP contribution is 2.42. The van der Waals surface area contributed by atoms with E-state index in [-0.39, 0.29) is 24.6 Å². The number of hydrogen-bond donors (Lipinski definition) is 2. The summed E-state index contributed by atoms with van der Waals surface area (Å²) in [5.74, 6) is -0.0163. The Morgan fingerprint density at radius 2 is 1.87 bits per heavy atom. The van der Waals surface area contributed by atoms with Crippen LogP contribution in [0.25, 0.3) is 10.9 Å². The Morgan fingerprint density at radius 3 is 2.70 bits per heavy atom. The summed E-state index contributed by atoms with van der Waals surface area (Å²) >= 11 is 0. The van der Waals surface area contributed by atoms with Crippen molar-refractivity contribution in [1.29, 1.82) is 0 Å². The molecular formula is C19H18N2O2. The fraction of sp³-hybridized carbons (Fsp3) is 0.211. The van der Waals surface area contributed by atoms with E-state index in [9.17, 15) is 9.90 Å². The van der Waals surface area contributed by atoms with E-state index < -0.39 is 0 Å². The molecule has 0 unspecified atom stereocenters. The van der Waals surface area contributed by atoms with Crippen LogP contribution in [0.3, 0.4) is 0 Å². The number of carbonyl (C=O) groups excluding carboxylic acids is 1. The van der Waals surface area contributed by atoms with Crippen molar-refractivity contribution >= 4 is 16.8 Å². The molecule has 4 nitrogen and oxygen atoms in total. The largest absolute Gasteiger partial charge is 0.394 e. The molecule has 1 aliphatic rings. The number of hydrogen-bond acceptors (Lipinski definition) is 2. The summed E-state index contributed by atoms with van der Waals surface area (Å²) < 4.78 is 0. The fourth-order valence-electron chi connectivity index (χ4n) is 3.52. The van der Waals surface area contributed by atoms with Gasteiger partial charge in [0.05, 0.1) is 18.7 Å². The van der Waals surface area contributed by atoms with Gasteiger partial charge < -0.3 is 15.0 Å². The number of nitrogens with zero attached hydrogens (tertiary/aromatic N) is 1. The van der Waals surface area contributed by atoms with Gasteiger partial charge in [-0.2, -0.15) is 0 Å². The van der Waals surface area contributed by atoms with Crippen molar-refractivity contribution in [2.75, 3.05) is 6.61 Å². The predicted molar refractivity (Wildman–Crippen MR) is 89.3 cm³/mol. The molecule has 3 aromatic rings. The van der Waals surface area contributed by atoms with Crippen molar-refractivity contribution in [1.82, 2.24) is 9.88 Å². The van der Waals surface area contributed by atoms with Crippen LogP contribution in [0.2, 0.25) is 0 Å². The number of benzene rings is 2. The van der Waals surface area contributed by atoms with Gasteiger partial charge in [0.2, 0.25) is 0 Å². The minimum Gasteiger partial charge on any atom is -0.394 e. The van der Waals surface area contributed by atoms with E-state index in [1.165, 1.54) is 0 Å². The van der Waals surface area contributed by atoms with Gasteiger partial charge in [-0.05, 0) is 24.6 Å². The van der Waals surface area contributed by atoms with E-state index in [1.807, 2.05) is 55.6 Å². The minimum atomic E-state index is -0.242. The minimum absolute atomic E-state index is 0.0163. The van der Waals surface area contributed by atoms with E-state index in [0.717, 1.165) is 27.6 Å². The third kappa shape index (κ3) is 1.99. The average molecular weight is 306 g/mol. The van der Waals surface area contributed by atoms with E-state index >= 15 is 0 Å². The standard InChI is InChI=1S/C19H18N2O2/c1-12(11-22)21-18(14-7-2-3-8-15(14)19(21)23)16-10-20-17-9-5-4-6-13(16)17/h2-10,12,18,20,22H,11H2,1H3/t12-,18+/m1/s1. The first-order valence-electron chi connectivity index (χ1n) is 7.81. The zero-order chi connectivity index (χ0) is 16.0. The molecule has 4 rings (SSSR count). The summed E-state index contributed by atoms with van der Waals surface area (Å²) in [6.45, 7) is 1.82. The molecule has 116 valence electrons. The van der Waals surface area contributed by atoms with Crippen LogP contribution >= 0.6 is 0 Å². The first kappa shape index (κ1) is 14.0. The van der Waals surface area contributed by atoms with Crippen molar-refractivity contribution < 1.29 is 9.90 Å². The van der Waals surface area contributed by atoms with Crippen LogP contribution in [-0.4, -0.2) is 33.5 Å². The highest BCUT2D eigenvalue weighted by atomic mass is 16.3. The molecule has 2 heterocycles. The van der Waals surface area contributed by atoms with Crippen LogP contribution < -0.4 is 0 Å². The van der Waals surface area contributed by atoms with Gasteiger partial charge in [0, 0.05) is 28.2 Å². The number of fused-ring (bicyclic) bond motifs is 2. The Kier molecular flexibility index (Phi) is 3.20. The van der Waals surface area contributed by atoms with Gasteiger partial charge in [0.15, 0.2) is 0 Å². The van der Waals surface area contributed by atoms with Gasteiger partial charge in [0.1, 0.15) is 0 Å². The van der Waals surface area contributed by atoms with Gasteiger partial charge in [-0.3, -0.25) is 4.79 Å². The number of aromatic amines is 1. The van der Waals surface area contributed by atoms with Crippen LogP contribution in [0.4, 0.5) is 0 Å². The average Bonchev–Trinajstić information content (AvgIpc) is 3.14. The van der Waals surface area contributed by atoms with Crippen LogP contribution in [0, 0.1) is 0 Å². The number of amides is 1. The van der Waals surface area contributed by atoms with Gasteiger partial charge >= 0.3 is 0 Å². The summed E-state index contributed by atoms with van der Waals surface area (Å²) in [6, 6.07) is 15.4. The van der Waals surface area contributed by atoms with Crippen molar-refractivity contribution in [3.8, 4) is 0 Å². The third-order valence-electron chi connectivity index (χ3n) is 4.65. The lowest BCUT2D eigenvalue weighted by Gasteiger charge is -2.30.